The van der Waals surface area contributed by atoms with Crippen molar-refractivity contribution in [2.24, 2.45) is 5.73 Å². The third-order valence-corrected chi connectivity index (χ3v) is 1.07. The monoisotopic (exact) mass is 160 g/mol. The van der Waals surface area contributed by atoms with E-state index in [1.165, 1.54) is 6.20 Å². The molecule has 5 heteroatoms. The summed E-state index contributed by atoms with van der Waals surface area (Å²) in [6, 6.07) is 1.83. The molecule has 0 aliphatic heterocycles. The number of amides is 1. The van der Waals surface area contributed by atoms with Gasteiger partial charge in [0.2, 0.25) is 0 Å². The zero-order chi connectivity index (χ0) is 8.97. The number of primary amides is 1. The molecule has 5 nitrogen and oxygen atoms in total. The van der Waals surface area contributed by atoms with Crippen LogP contribution in [0.5, 0.6) is 0 Å². The first-order valence-corrected chi connectivity index (χ1v) is 2.99. The largest absolute Gasteiger partial charge is 0.359 e. The molecular weight excluding hydrogens is 156 g/mol. The Labute approximate surface area is 68.2 Å². The lowest BCUT2D eigenvalue weighted by molar-refractivity contribution is -0.112. The van der Waals surface area contributed by atoms with Gasteiger partial charge in [-0.2, -0.15) is 10.4 Å². The first-order valence-electron chi connectivity index (χ1n) is 2.99. The molecule has 0 unspecified atom stereocenters. The van der Waals surface area contributed by atoms with Crippen molar-refractivity contribution in [1.82, 2.24) is 10.2 Å². The van der Waals surface area contributed by atoms with Crippen molar-refractivity contribution in [3.63, 3.8) is 0 Å². The number of aromatic amines is 1. The van der Waals surface area contributed by atoms with Crippen molar-refractivity contribution in [1.29, 1.82) is 5.26 Å². The van der Waals surface area contributed by atoms with Gasteiger partial charge in [0.1, 0.15) is 6.07 Å². The molecule has 58 valence electrons. The fraction of sp³-hybridized carbons (Fsp3) is 0. The second kappa shape index (κ2) is 3.22. The fourth-order valence-electron chi connectivity index (χ4n) is 0.595. The van der Waals surface area contributed by atoms with Crippen molar-refractivity contribution in [2.45, 2.75) is 0 Å². The van der Waals surface area contributed by atoms with E-state index in [0.29, 0.717) is 5.56 Å². The third-order valence-electron chi connectivity index (χ3n) is 1.07. The maximum absolute atomic E-state index is 10.2. The number of nitrogens with zero attached hydrogens (tertiary/aromatic N) is 2. The molecule has 0 aliphatic carbocycles. The van der Waals surface area contributed by atoms with Gasteiger partial charge < -0.3 is 5.73 Å². The summed E-state index contributed by atoms with van der Waals surface area (Å²) in [6.07, 6.45) is 1.36. The molecule has 0 radical (unpaired) electrons. The highest BCUT2D eigenvalue weighted by Crippen LogP contribution is 1.98. The Morgan fingerprint density at radius 1 is 1.75 bits per heavy atom. The maximum atomic E-state index is 10.2. The molecule has 12 heavy (non-hydrogen) atoms. The first kappa shape index (κ1) is 7.83. The van der Waals surface area contributed by atoms with Gasteiger partial charge in [-0.05, 0) is 0 Å². The number of carbonyl (C=O) groups excluding carboxylic acids is 1. The average molecular weight is 160 g/mol. The van der Waals surface area contributed by atoms with Crippen LogP contribution in [0.25, 0.3) is 0 Å². The Balaban J connectivity index is 3.00. The number of aromatic nitrogens is 2. The maximum Gasteiger partial charge on any atom is 0.293 e. The van der Waals surface area contributed by atoms with Crippen LogP contribution in [0.3, 0.4) is 0 Å². The summed E-state index contributed by atoms with van der Waals surface area (Å²) in [5, 5.41) is 14.4. The molecule has 0 aliphatic rings. The van der Waals surface area contributed by atoms with E-state index in [2.05, 4.69) is 22.0 Å². The van der Waals surface area contributed by atoms with Gasteiger partial charge in [0, 0.05) is 5.92 Å². The van der Waals surface area contributed by atoms with Crippen LogP contribution in [0.15, 0.2) is 6.20 Å². The number of rotatable bonds is 0. The molecule has 0 spiro atoms. The molecule has 0 bridgehead atoms. The summed E-state index contributed by atoms with van der Waals surface area (Å²) in [5.41, 5.74) is 5.37. The Bertz CT molecular complexity index is 401. The van der Waals surface area contributed by atoms with Crippen LogP contribution in [0.2, 0.25) is 0 Å². The average Bonchev–Trinajstić information content (AvgIpc) is 2.47. The van der Waals surface area contributed by atoms with Gasteiger partial charge in [0.05, 0.1) is 11.8 Å². The van der Waals surface area contributed by atoms with Gasteiger partial charge >= 0.3 is 0 Å². The molecule has 0 saturated carbocycles. The van der Waals surface area contributed by atoms with Gasteiger partial charge in [0.25, 0.3) is 5.91 Å². The fourth-order valence-corrected chi connectivity index (χ4v) is 0.595. The van der Waals surface area contributed by atoms with Crippen molar-refractivity contribution >= 4 is 5.91 Å². The van der Waals surface area contributed by atoms with E-state index in [1.54, 1.807) is 0 Å². The number of nitrogens with two attached hydrogens (primary N) is 1. The van der Waals surface area contributed by atoms with E-state index in [1.807, 2.05) is 6.07 Å². The molecule has 0 saturated heterocycles. The Morgan fingerprint density at radius 2 is 2.50 bits per heavy atom. The summed E-state index contributed by atoms with van der Waals surface area (Å²) in [5.74, 6) is 3.77. The lowest BCUT2D eigenvalue weighted by Gasteiger charge is -1.78. The molecule has 1 rings (SSSR count). The first-order chi connectivity index (χ1) is 5.74. The van der Waals surface area contributed by atoms with Crippen LogP contribution in [0, 0.1) is 23.2 Å². The van der Waals surface area contributed by atoms with Crippen molar-refractivity contribution in [3.05, 3.63) is 17.5 Å². The number of hydrogen-bond acceptors (Lipinski definition) is 3. The minimum Gasteiger partial charge on any atom is -0.359 e. The van der Waals surface area contributed by atoms with Crippen LogP contribution >= 0.6 is 0 Å². The van der Waals surface area contributed by atoms with E-state index < -0.39 is 5.91 Å². The highest BCUT2D eigenvalue weighted by atomic mass is 16.1. The zero-order valence-electron chi connectivity index (χ0n) is 5.96. The Kier molecular flexibility index (Phi) is 2.10. The predicted molar refractivity (Wildman–Crippen MR) is 39.4 cm³/mol. The van der Waals surface area contributed by atoms with Crippen LogP contribution in [0.1, 0.15) is 11.3 Å². The highest BCUT2D eigenvalue weighted by Gasteiger charge is 1.98. The summed E-state index contributed by atoms with van der Waals surface area (Å²) >= 11 is 0. The van der Waals surface area contributed by atoms with Crippen molar-refractivity contribution in [3.8, 4) is 17.9 Å². The summed E-state index contributed by atoms with van der Waals surface area (Å²) in [4.78, 5) is 10.2. The molecule has 3 N–H and O–H groups in total. The van der Waals surface area contributed by atoms with Gasteiger partial charge in [-0.3, -0.25) is 9.89 Å². The summed E-state index contributed by atoms with van der Waals surface area (Å²) < 4.78 is 0. The van der Waals surface area contributed by atoms with E-state index in [-0.39, 0.29) is 5.69 Å². The standard InChI is InChI=1S/C7H4N4O/c8-3-6-5(4-10-11-6)1-2-7(9)12/h4H,(H2,9,12)(H,10,11). The molecule has 1 aromatic heterocycles. The van der Waals surface area contributed by atoms with E-state index in [0.717, 1.165) is 0 Å². The number of H-pyrrole nitrogens is 1. The summed E-state index contributed by atoms with van der Waals surface area (Å²) in [7, 11) is 0. The molecule has 1 aromatic rings. The minimum atomic E-state index is -0.736. The van der Waals surface area contributed by atoms with Crippen LogP contribution in [-0.4, -0.2) is 16.1 Å². The third kappa shape index (κ3) is 1.61. The second-order valence-electron chi connectivity index (χ2n) is 1.88. The molecule has 0 atom stereocenters. The topological polar surface area (TPSA) is 95.6 Å². The van der Waals surface area contributed by atoms with E-state index in [4.69, 9.17) is 11.0 Å². The van der Waals surface area contributed by atoms with Crippen molar-refractivity contribution < 1.29 is 4.79 Å². The van der Waals surface area contributed by atoms with Crippen LogP contribution in [0.4, 0.5) is 0 Å². The lowest BCUT2D eigenvalue weighted by Crippen LogP contribution is -2.06. The molecule has 1 heterocycles. The number of hydrogen-bond donors (Lipinski definition) is 2. The van der Waals surface area contributed by atoms with Gasteiger partial charge in [-0.1, -0.05) is 5.92 Å². The minimum absolute atomic E-state index is 0.226. The second-order valence-corrected chi connectivity index (χ2v) is 1.88. The Morgan fingerprint density at radius 3 is 3.08 bits per heavy atom. The lowest BCUT2D eigenvalue weighted by atomic mass is 10.2. The number of nitriles is 1. The Hall–Kier alpha value is -2.27. The van der Waals surface area contributed by atoms with Gasteiger partial charge in [-0.25, -0.2) is 0 Å². The normalized spacial score (nSPS) is 7.92. The van der Waals surface area contributed by atoms with Crippen LogP contribution < -0.4 is 5.73 Å². The van der Waals surface area contributed by atoms with Gasteiger partial charge in [-0.15, -0.1) is 0 Å². The van der Waals surface area contributed by atoms with Crippen molar-refractivity contribution in [2.75, 3.05) is 0 Å². The number of carbonyl (C=O) groups is 1. The molecular formula is C7H4N4O. The quantitative estimate of drug-likeness (QED) is 0.482. The predicted octanol–water partition coefficient (Wildman–Crippen LogP) is -0.882. The zero-order valence-corrected chi connectivity index (χ0v) is 5.96. The molecule has 1 amide bonds. The molecule has 0 aromatic carbocycles. The molecule has 0 fully saturated rings. The van der Waals surface area contributed by atoms with Gasteiger partial charge in [0.15, 0.2) is 5.69 Å². The SMILES string of the molecule is N#Cc1[nH]ncc1C#CC(N)=O. The highest BCUT2D eigenvalue weighted by molar-refractivity contribution is 5.92. The number of nitrogens with one attached hydrogen (secondary N) is 1. The summed E-state index contributed by atoms with van der Waals surface area (Å²) in [6.45, 7) is 0. The smallest absolute Gasteiger partial charge is 0.293 e. The van der Waals surface area contributed by atoms with Crippen LogP contribution in [-0.2, 0) is 4.79 Å². The van der Waals surface area contributed by atoms with E-state index >= 15 is 0 Å². The van der Waals surface area contributed by atoms with E-state index in [9.17, 15) is 4.79 Å².